The molecule has 1 aromatic rings. The number of hydrogen-bond acceptors (Lipinski definition) is 2. The molecule has 20 heavy (non-hydrogen) atoms. The van der Waals surface area contributed by atoms with Crippen LogP contribution in [0.2, 0.25) is 10.0 Å². The van der Waals surface area contributed by atoms with Crippen LogP contribution in [0.1, 0.15) is 18.4 Å². The number of hydrogen-bond donors (Lipinski definition) is 2. The van der Waals surface area contributed by atoms with Crippen molar-refractivity contribution in [2.24, 2.45) is 5.92 Å². The van der Waals surface area contributed by atoms with Crippen LogP contribution < -0.4 is 10.6 Å². The molecule has 0 radical (unpaired) electrons. The van der Waals surface area contributed by atoms with Crippen LogP contribution in [0.4, 0.5) is 0 Å². The minimum Gasteiger partial charge on any atom is -0.355 e. The van der Waals surface area contributed by atoms with Crippen molar-refractivity contribution in [2.75, 3.05) is 19.6 Å². The average Bonchev–Trinajstić information content (AvgIpc) is 2.42. The van der Waals surface area contributed by atoms with Crippen LogP contribution in [0, 0.1) is 5.92 Å². The molecule has 1 heterocycles. The van der Waals surface area contributed by atoms with E-state index in [0.29, 0.717) is 28.1 Å². The Kier molecular flexibility index (Phi) is 7.67. The van der Waals surface area contributed by atoms with Gasteiger partial charge in [0.1, 0.15) is 0 Å². The van der Waals surface area contributed by atoms with Crippen LogP contribution in [0.25, 0.3) is 0 Å². The molecule has 0 bridgehead atoms. The van der Waals surface area contributed by atoms with E-state index in [4.69, 9.17) is 23.2 Å². The van der Waals surface area contributed by atoms with E-state index < -0.39 is 0 Å². The third-order valence-corrected chi connectivity index (χ3v) is 4.09. The minimum atomic E-state index is -0.0272. The van der Waals surface area contributed by atoms with Crippen molar-refractivity contribution in [3.63, 3.8) is 0 Å². The van der Waals surface area contributed by atoms with Crippen molar-refractivity contribution in [1.29, 1.82) is 0 Å². The van der Waals surface area contributed by atoms with Gasteiger partial charge in [0.15, 0.2) is 0 Å². The highest BCUT2D eigenvalue weighted by atomic mass is 35.5. The Hall–Kier alpha value is -0.480. The quantitative estimate of drug-likeness (QED) is 0.886. The first kappa shape index (κ1) is 17.6. The Balaban J connectivity index is 0.00000200. The summed E-state index contributed by atoms with van der Waals surface area (Å²) in [6, 6.07) is 5.28. The molecule has 1 saturated heterocycles. The van der Waals surface area contributed by atoms with Gasteiger partial charge in [-0.15, -0.1) is 12.4 Å². The van der Waals surface area contributed by atoms with Gasteiger partial charge >= 0.3 is 0 Å². The van der Waals surface area contributed by atoms with Gasteiger partial charge in [0.05, 0.1) is 6.42 Å². The van der Waals surface area contributed by atoms with Crippen LogP contribution >= 0.6 is 35.6 Å². The first-order valence-corrected chi connectivity index (χ1v) is 7.32. The predicted octanol–water partition coefficient (Wildman–Crippen LogP) is 3.07. The molecule has 0 saturated carbocycles. The molecule has 1 unspecified atom stereocenters. The van der Waals surface area contributed by atoms with E-state index in [2.05, 4.69) is 10.6 Å². The Morgan fingerprint density at radius 3 is 2.65 bits per heavy atom. The third kappa shape index (κ3) is 5.13. The zero-order valence-corrected chi connectivity index (χ0v) is 13.5. The number of rotatable bonds is 4. The summed E-state index contributed by atoms with van der Waals surface area (Å²) in [5.41, 5.74) is 0.699. The standard InChI is InChI=1S/C14H18Cl2N2O.ClH/c15-12-4-1-5-13(16)11(12)7-14(19)18-9-10-3-2-6-17-8-10;/h1,4-5,10,17H,2-3,6-9H2,(H,18,19);1H. The average molecular weight is 338 g/mol. The van der Waals surface area contributed by atoms with Crippen LogP contribution in [0.15, 0.2) is 18.2 Å². The lowest BCUT2D eigenvalue weighted by Crippen LogP contribution is -2.38. The van der Waals surface area contributed by atoms with Crippen molar-refractivity contribution in [3.05, 3.63) is 33.8 Å². The number of benzene rings is 1. The Labute approximate surface area is 135 Å². The second-order valence-electron chi connectivity index (χ2n) is 4.89. The fourth-order valence-corrected chi connectivity index (χ4v) is 2.81. The van der Waals surface area contributed by atoms with Gasteiger partial charge in [0, 0.05) is 16.6 Å². The molecule has 1 atom stereocenters. The van der Waals surface area contributed by atoms with E-state index in [-0.39, 0.29) is 24.7 Å². The molecule has 0 spiro atoms. The van der Waals surface area contributed by atoms with Gasteiger partial charge in [-0.2, -0.15) is 0 Å². The molecule has 0 aromatic heterocycles. The van der Waals surface area contributed by atoms with E-state index in [0.717, 1.165) is 13.1 Å². The first-order valence-electron chi connectivity index (χ1n) is 6.57. The lowest BCUT2D eigenvalue weighted by Gasteiger charge is -2.22. The number of carbonyl (C=O) groups excluding carboxylic acids is 1. The van der Waals surface area contributed by atoms with E-state index >= 15 is 0 Å². The molecule has 112 valence electrons. The maximum absolute atomic E-state index is 11.9. The number of nitrogens with one attached hydrogen (secondary N) is 2. The largest absolute Gasteiger partial charge is 0.355 e. The van der Waals surface area contributed by atoms with Gasteiger partial charge in [0.25, 0.3) is 0 Å². The second-order valence-corrected chi connectivity index (χ2v) is 5.71. The van der Waals surface area contributed by atoms with Gasteiger partial charge in [-0.05, 0) is 49.5 Å². The lowest BCUT2D eigenvalue weighted by atomic mass is 9.99. The summed E-state index contributed by atoms with van der Waals surface area (Å²) in [5.74, 6) is 0.500. The highest BCUT2D eigenvalue weighted by Crippen LogP contribution is 2.24. The SMILES string of the molecule is Cl.O=C(Cc1c(Cl)cccc1Cl)NCC1CCCNC1. The molecule has 2 rings (SSSR count). The molecule has 3 nitrogen and oxygen atoms in total. The van der Waals surface area contributed by atoms with Gasteiger partial charge < -0.3 is 10.6 Å². The van der Waals surface area contributed by atoms with Gasteiger partial charge in [-0.1, -0.05) is 29.3 Å². The van der Waals surface area contributed by atoms with Crippen LogP contribution in [-0.4, -0.2) is 25.5 Å². The molecule has 1 aliphatic rings. The monoisotopic (exact) mass is 336 g/mol. The van der Waals surface area contributed by atoms with E-state index in [9.17, 15) is 4.79 Å². The van der Waals surface area contributed by atoms with Crippen LogP contribution in [0.5, 0.6) is 0 Å². The zero-order chi connectivity index (χ0) is 13.7. The van der Waals surface area contributed by atoms with Gasteiger partial charge in [-0.3, -0.25) is 4.79 Å². The number of piperidine rings is 1. The topological polar surface area (TPSA) is 41.1 Å². The van der Waals surface area contributed by atoms with Crippen molar-refractivity contribution in [2.45, 2.75) is 19.3 Å². The van der Waals surface area contributed by atoms with Crippen LogP contribution in [-0.2, 0) is 11.2 Å². The Morgan fingerprint density at radius 1 is 1.35 bits per heavy atom. The number of carbonyl (C=O) groups is 1. The van der Waals surface area contributed by atoms with Crippen molar-refractivity contribution >= 4 is 41.5 Å². The number of amides is 1. The lowest BCUT2D eigenvalue weighted by molar-refractivity contribution is -0.120. The molecule has 1 aromatic carbocycles. The van der Waals surface area contributed by atoms with Crippen LogP contribution in [0.3, 0.4) is 0 Å². The van der Waals surface area contributed by atoms with Crippen molar-refractivity contribution < 1.29 is 4.79 Å². The summed E-state index contributed by atoms with van der Waals surface area (Å²) in [5, 5.41) is 7.38. The fourth-order valence-electron chi connectivity index (χ4n) is 2.28. The molecule has 1 fully saturated rings. The highest BCUT2D eigenvalue weighted by molar-refractivity contribution is 6.36. The zero-order valence-electron chi connectivity index (χ0n) is 11.1. The minimum absolute atomic E-state index is 0. The van der Waals surface area contributed by atoms with Crippen molar-refractivity contribution in [3.8, 4) is 0 Å². The predicted molar refractivity (Wildman–Crippen MR) is 86.0 cm³/mol. The normalized spacial score (nSPS) is 18.2. The Bertz CT molecular complexity index is 428. The van der Waals surface area contributed by atoms with E-state index in [1.54, 1.807) is 18.2 Å². The van der Waals surface area contributed by atoms with Gasteiger partial charge in [0.2, 0.25) is 5.91 Å². The summed E-state index contributed by atoms with van der Waals surface area (Å²) >= 11 is 12.1. The maximum Gasteiger partial charge on any atom is 0.224 e. The van der Waals surface area contributed by atoms with Crippen molar-refractivity contribution in [1.82, 2.24) is 10.6 Å². The maximum atomic E-state index is 11.9. The molecule has 1 aliphatic heterocycles. The summed E-state index contributed by atoms with van der Waals surface area (Å²) in [6.07, 6.45) is 2.58. The second kappa shape index (κ2) is 8.73. The Morgan fingerprint density at radius 2 is 2.05 bits per heavy atom. The molecular weight excluding hydrogens is 319 g/mol. The molecule has 0 aliphatic carbocycles. The fraction of sp³-hybridized carbons (Fsp3) is 0.500. The molecule has 2 N–H and O–H groups in total. The number of halogens is 3. The smallest absolute Gasteiger partial charge is 0.224 e. The summed E-state index contributed by atoms with van der Waals surface area (Å²) < 4.78 is 0. The van der Waals surface area contributed by atoms with Gasteiger partial charge in [-0.25, -0.2) is 0 Å². The van der Waals surface area contributed by atoms with E-state index in [1.165, 1.54) is 12.8 Å². The highest BCUT2D eigenvalue weighted by Gasteiger charge is 2.15. The third-order valence-electron chi connectivity index (χ3n) is 3.39. The first-order chi connectivity index (χ1) is 9.16. The summed E-state index contributed by atoms with van der Waals surface area (Å²) in [4.78, 5) is 11.9. The van der Waals surface area contributed by atoms with E-state index in [1.807, 2.05) is 0 Å². The molecular formula is C14H19Cl3N2O. The summed E-state index contributed by atoms with van der Waals surface area (Å²) in [6.45, 7) is 2.78. The summed E-state index contributed by atoms with van der Waals surface area (Å²) in [7, 11) is 0. The molecule has 6 heteroatoms. The molecule has 1 amide bonds.